The van der Waals surface area contributed by atoms with E-state index in [1.807, 2.05) is 12.3 Å². The molecular weight excluding hydrogens is 377 g/mol. The van der Waals surface area contributed by atoms with Crippen LogP contribution in [0, 0.1) is 5.82 Å². The first-order valence-electron chi connectivity index (χ1n) is 8.15. The van der Waals surface area contributed by atoms with Crippen molar-refractivity contribution in [3.8, 4) is 0 Å². The Morgan fingerprint density at radius 1 is 1.42 bits per heavy atom. The molecule has 136 valence electrons. The largest absolute Gasteiger partial charge is 0.463 e. The van der Waals surface area contributed by atoms with Crippen LogP contribution in [0.3, 0.4) is 0 Å². The molecule has 0 fully saturated rings. The molecule has 0 bridgehead atoms. The van der Waals surface area contributed by atoms with Gasteiger partial charge in [-0.25, -0.2) is 14.2 Å². The third kappa shape index (κ3) is 3.50. The van der Waals surface area contributed by atoms with Crippen molar-refractivity contribution in [2.45, 2.75) is 26.3 Å². The van der Waals surface area contributed by atoms with Crippen molar-refractivity contribution in [1.29, 1.82) is 0 Å². The molecule has 1 unspecified atom stereocenters. The predicted octanol–water partition coefficient (Wildman–Crippen LogP) is 4.25. The molecule has 26 heavy (non-hydrogen) atoms. The highest BCUT2D eigenvalue weighted by Crippen LogP contribution is 2.37. The summed E-state index contributed by atoms with van der Waals surface area (Å²) in [5.74, 6) is -0.533. The van der Waals surface area contributed by atoms with Crippen molar-refractivity contribution in [2.24, 2.45) is 4.99 Å². The summed E-state index contributed by atoms with van der Waals surface area (Å²) in [6, 6.07) is 3.71. The van der Waals surface area contributed by atoms with E-state index in [1.54, 1.807) is 25.3 Å². The summed E-state index contributed by atoms with van der Waals surface area (Å²) >= 11 is 7.60. The van der Waals surface area contributed by atoms with Gasteiger partial charge in [-0.3, -0.25) is 4.99 Å². The summed E-state index contributed by atoms with van der Waals surface area (Å²) in [5, 5.41) is 5.62. The highest BCUT2D eigenvalue weighted by molar-refractivity contribution is 7.11. The van der Waals surface area contributed by atoms with E-state index in [4.69, 9.17) is 16.3 Å². The Morgan fingerprint density at radius 3 is 2.88 bits per heavy atom. The molecule has 1 aliphatic heterocycles. The zero-order valence-electron chi connectivity index (χ0n) is 14.3. The fourth-order valence-corrected chi connectivity index (χ4v) is 3.55. The van der Waals surface area contributed by atoms with Crippen LogP contribution < -0.4 is 5.32 Å². The Kier molecular flexibility index (Phi) is 5.68. The Bertz CT molecular complexity index is 881. The number of nitrogens with one attached hydrogen (secondary N) is 1. The van der Waals surface area contributed by atoms with Crippen LogP contribution in [0.1, 0.15) is 36.9 Å². The number of carbonyl (C=O) groups is 1. The van der Waals surface area contributed by atoms with Gasteiger partial charge in [-0.2, -0.15) is 0 Å². The van der Waals surface area contributed by atoms with Crippen molar-refractivity contribution in [2.75, 3.05) is 6.61 Å². The van der Waals surface area contributed by atoms with Gasteiger partial charge in [-0.05, 0) is 19.4 Å². The van der Waals surface area contributed by atoms with Gasteiger partial charge in [-0.1, -0.05) is 30.7 Å². The summed E-state index contributed by atoms with van der Waals surface area (Å²) in [5.41, 5.74) is 1.41. The number of benzene rings is 1. The van der Waals surface area contributed by atoms with Gasteiger partial charge in [0.1, 0.15) is 11.9 Å². The third-order valence-electron chi connectivity index (χ3n) is 3.89. The topological polar surface area (TPSA) is 63.6 Å². The normalized spacial score (nSPS) is 16.9. The fourth-order valence-electron chi connectivity index (χ4n) is 2.73. The number of amidine groups is 1. The molecule has 0 amide bonds. The molecule has 1 N–H and O–H groups in total. The lowest BCUT2D eigenvalue weighted by molar-refractivity contribution is -0.139. The second-order valence-electron chi connectivity index (χ2n) is 5.45. The van der Waals surface area contributed by atoms with Crippen molar-refractivity contribution >= 4 is 34.7 Å². The van der Waals surface area contributed by atoms with E-state index in [-0.39, 0.29) is 11.6 Å². The lowest BCUT2D eigenvalue weighted by Gasteiger charge is -2.27. The van der Waals surface area contributed by atoms with Gasteiger partial charge >= 0.3 is 5.97 Å². The van der Waals surface area contributed by atoms with Crippen LogP contribution in [-0.4, -0.2) is 23.4 Å². The van der Waals surface area contributed by atoms with E-state index in [0.717, 1.165) is 0 Å². The van der Waals surface area contributed by atoms with Gasteiger partial charge in [0.2, 0.25) is 0 Å². The van der Waals surface area contributed by atoms with Gasteiger partial charge in [0, 0.05) is 22.8 Å². The summed E-state index contributed by atoms with van der Waals surface area (Å²) in [6.07, 6.45) is 2.21. The van der Waals surface area contributed by atoms with Crippen LogP contribution in [0.2, 0.25) is 5.02 Å². The van der Waals surface area contributed by atoms with Crippen LogP contribution in [0.25, 0.3) is 0 Å². The number of aromatic nitrogens is 1. The first-order valence-corrected chi connectivity index (χ1v) is 9.41. The highest BCUT2D eigenvalue weighted by Gasteiger charge is 2.33. The maximum Gasteiger partial charge on any atom is 0.338 e. The van der Waals surface area contributed by atoms with E-state index in [2.05, 4.69) is 15.3 Å². The molecule has 1 aliphatic rings. The average Bonchev–Trinajstić information content (AvgIpc) is 3.18. The zero-order valence-corrected chi connectivity index (χ0v) is 15.8. The molecule has 2 heterocycles. The maximum atomic E-state index is 14.0. The quantitative estimate of drug-likeness (QED) is 0.771. The van der Waals surface area contributed by atoms with Gasteiger partial charge < -0.3 is 10.1 Å². The van der Waals surface area contributed by atoms with Crippen LogP contribution in [0.4, 0.5) is 4.39 Å². The second-order valence-corrected chi connectivity index (χ2v) is 6.72. The average molecular weight is 394 g/mol. The molecule has 0 saturated heterocycles. The molecule has 0 saturated carbocycles. The number of ether oxygens (including phenoxy) is 1. The van der Waals surface area contributed by atoms with Crippen LogP contribution in [-0.2, 0) is 9.53 Å². The van der Waals surface area contributed by atoms with Crippen molar-refractivity contribution < 1.29 is 13.9 Å². The monoisotopic (exact) mass is 393 g/mol. The van der Waals surface area contributed by atoms with Crippen molar-refractivity contribution in [3.05, 3.63) is 62.5 Å². The summed E-state index contributed by atoms with van der Waals surface area (Å²) in [4.78, 5) is 21.5. The third-order valence-corrected chi connectivity index (χ3v) is 5.06. The number of nitrogens with zero attached hydrogens (tertiary/aromatic N) is 2. The number of halogens is 2. The molecule has 1 aromatic heterocycles. The second kappa shape index (κ2) is 7.97. The Balaban J connectivity index is 2.17. The lowest BCUT2D eigenvalue weighted by Crippen LogP contribution is -2.33. The molecular formula is C18H17ClFN3O2S. The minimum Gasteiger partial charge on any atom is -0.463 e. The molecule has 0 spiro atoms. The molecule has 1 aromatic carbocycles. The van der Waals surface area contributed by atoms with Crippen LogP contribution >= 0.6 is 22.9 Å². The number of hydrogen-bond donors (Lipinski definition) is 1. The first-order chi connectivity index (χ1) is 12.6. The minimum absolute atomic E-state index is 0.0566. The molecule has 5 nitrogen and oxygen atoms in total. The number of aliphatic imine (C=N–C) groups is 1. The number of hydrogen-bond acceptors (Lipinski definition) is 6. The van der Waals surface area contributed by atoms with Crippen molar-refractivity contribution in [1.82, 2.24) is 10.3 Å². The molecule has 8 heteroatoms. The Morgan fingerprint density at radius 2 is 2.23 bits per heavy atom. The number of allylic oxidation sites excluding steroid dienone is 1. The SMILES string of the molecule is CCOC(=O)C1=C(CC)NC(c2nccs2)=NC1c1cccc(F)c1Cl. The fraction of sp³-hybridized carbons (Fsp3) is 0.278. The van der Waals surface area contributed by atoms with Crippen LogP contribution in [0.15, 0.2) is 46.0 Å². The minimum atomic E-state index is -0.771. The molecule has 3 rings (SSSR count). The number of esters is 1. The smallest absolute Gasteiger partial charge is 0.338 e. The van der Waals surface area contributed by atoms with Gasteiger partial charge in [0.15, 0.2) is 10.8 Å². The Hall–Kier alpha value is -2.25. The highest BCUT2D eigenvalue weighted by atomic mass is 35.5. The van der Waals surface area contributed by atoms with E-state index in [0.29, 0.717) is 34.1 Å². The summed E-state index contributed by atoms with van der Waals surface area (Å²) < 4.78 is 19.2. The van der Waals surface area contributed by atoms with E-state index < -0.39 is 17.8 Å². The summed E-state index contributed by atoms with van der Waals surface area (Å²) in [7, 11) is 0. The van der Waals surface area contributed by atoms with E-state index >= 15 is 0 Å². The Labute approximate surface area is 159 Å². The molecule has 0 aliphatic carbocycles. The van der Waals surface area contributed by atoms with Gasteiger partial charge in [0.05, 0.1) is 17.2 Å². The van der Waals surface area contributed by atoms with E-state index in [1.165, 1.54) is 17.4 Å². The maximum absolute atomic E-state index is 14.0. The lowest BCUT2D eigenvalue weighted by atomic mass is 9.94. The first kappa shape index (κ1) is 18.5. The molecule has 0 radical (unpaired) electrons. The zero-order chi connectivity index (χ0) is 18.7. The molecule has 1 atom stereocenters. The standard InChI is InChI=1S/C18H17ClFN3O2S/c1-3-12-13(18(24)25-4-2)15(10-6-5-7-11(20)14(10)19)23-16(22-12)17-21-8-9-26-17/h5-9,15H,3-4H2,1-2H3,(H,22,23). The number of thiazole rings is 1. The van der Waals surface area contributed by atoms with E-state index in [9.17, 15) is 9.18 Å². The number of carbonyl (C=O) groups excluding carboxylic acids is 1. The van der Waals surface area contributed by atoms with Gasteiger partial charge in [0.25, 0.3) is 0 Å². The van der Waals surface area contributed by atoms with Crippen LogP contribution in [0.5, 0.6) is 0 Å². The molecule has 2 aromatic rings. The number of rotatable bonds is 5. The van der Waals surface area contributed by atoms with Gasteiger partial charge in [-0.15, -0.1) is 11.3 Å². The van der Waals surface area contributed by atoms with Crippen molar-refractivity contribution in [3.63, 3.8) is 0 Å². The predicted molar refractivity (Wildman–Crippen MR) is 99.9 cm³/mol. The summed E-state index contributed by atoms with van der Waals surface area (Å²) in [6.45, 7) is 3.87.